The van der Waals surface area contributed by atoms with Gasteiger partial charge in [-0.1, -0.05) is 0 Å². The molecule has 3 N–H and O–H groups in total. The number of benzene rings is 1. The lowest BCUT2D eigenvalue weighted by molar-refractivity contribution is 0.0962. The average Bonchev–Trinajstić information content (AvgIpc) is 2.35. The fraction of sp³-hybridized carbons (Fsp3) is 0.417. The molecule has 1 aromatic carbocycles. The van der Waals surface area contributed by atoms with Crippen LogP contribution in [0.5, 0.6) is 5.75 Å². The number of ether oxygens (including phenoxy) is 2. The Morgan fingerprint density at radius 2 is 2.18 bits per heavy atom. The second kappa shape index (κ2) is 6.75. The summed E-state index contributed by atoms with van der Waals surface area (Å²) >= 11 is 0. The Kier molecular flexibility index (Phi) is 5.29. The highest BCUT2D eigenvalue weighted by Gasteiger charge is 2.07. The van der Waals surface area contributed by atoms with Crippen LogP contribution in [-0.4, -0.2) is 32.8 Å². The van der Waals surface area contributed by atoms with Gasteiger partial charge in [-0.3, -0.25) is 4.79 Å². The molecule has 0 bridgehead atoms. The summed E-state index contributed by atoms with van der Waals surface area (Å²) in [5.41, 5.74) is 6.78. The molecule has 0 unspecified atom stereocenters. The third-order valence-corrected chi connectivity index (χ3v) is 2.19. The van der Waals surface area contributed by atoms with Gasteiger partial charge in [0.2, 0.25) is 0 Å². The maximum Gasteiger partial charge on any atom is 0.251 e. The second-order valence-corrected chi connectivity index (χ2v) is 3.38. The van der Waals surface area contributed by atoms with E-state index in [-0.39, 0.29) is 5.91 Å². The van der Waals surface area contributed by atoms with Gasteiger partial charge in [0, 0.05) is 19.2 Å². The van der Waals surface area contributed by atoms with E-state index in [1.807, 2.05) is 6.92 Å². The van der Waals surface area contributed by atoms with E-state index in [1.54, 1.807) is 25.2 Å². The first kappa shape index (κ1) is 13.3. The van der Waals surface area contributed by atoms with E-state index < -0.39 is 0 Å². The van der Waals surface area contributed by atoms with Crippen LogP contribution in [0.15, 0.2) is 18.2 Å². The molecule has 1 amide bonds. The van der Waals surface area contributed by atoms with Crippen LogP contribution in [0.3, 0.4) is 0 Å². The topological polar surface area (TPSA) is 73.6 Å². The highest BCUT2D eigenvalue weighted by atomic mass is 16.5. The molecule has 0 heterocycles. The fourth-order valence-electron chi connectivity index (χ4n) is 1.30. The van der Waals surface area contributed by atoms with Gasteiger partial charge in [0.25, 0.3) is 5.91 Å². The van der Waals surface area contributed by atoms with Crippen LogP contribution in [0.1, 0.15) is 17.3 Å². The molecule has 0 spiro atoms. The van der Waals surface area contributed by atoms with Crippen molar-refractivity contribution in [1.82, 2.24) is 5.32 Å². The van der Waals surface area contributed by atoms with E-state index in [9.17, 15) is 4.79 Å². The molecule has 0 fully saturated rings. The Balaban J connectivity index is 2.66. The van der Waals surface area contributed by atoms with Gasteiger partial charge in [0.1, 0.15) is 12.4 Å². The smallest absolute Gasteiger partial charge is 0.251 e. The Hall–Kier alpha value is -1.75. The molecule has 0 saturated carbocycles. The molecule has 0 aliphatic rings. The van der Waals surface area contributed by atoms with Crippen molar-refractivity contribution in [3.05, 3.63) is 23.8 Å². The number of nitrogens with one attached hydrogen (secondary N) is 1. The van der Waals surface area contributed by atoms with Gasteiger partial charge < -0.3 is 20.5 Å². The third kappa shape index (κ3) is 3.96. The number of amides is 1. The number of nitrogens with two attached hydrogens (primary N) is 1. The van der Waals surface area contributed by atoms with E-state index in [2.05, 4.69) is 5.32 Å². The summed E-state index contributed by atoms with van der Waals surface area (Å²) < 4.78 is 10.6. The van der Waals surface area contributed by atoms with E-state index in [0.29, 0.717) is 36.8 Å². The predicted molar refractivity (Wildman–Crippen MR) is 66.2 cm³/mol. The zero-order valence-electron chi connectivity index (χ0n) is 10.2. The average molecular weight is 238 g/mol. The van der Waals surface area contributed by atoms with Crippen LogP contribution in [0, 0.1) is 0 Å². The molecule has 0 aliphatic carbocycles. The monoisotopic (exact) mass is 238 g/mol. The normalized spacial score (nSPS) is 10.0. The molecule has 0 aliphatic heterocycles. The summed E-state index contributed by atoms with van der Waals surface area (Å²) in [5, 5.41) is 2.54. The molecule has 17 heavy (non-hydrogen) atoms. The number of carbonyl (C=O) groups excluding carboxylic acids is 1. The number of anilines is 1. The largest absolute Gasteiger partial charge is 0.489 e. The highest BCUT2D eigenvalue weighted by Crippen LogP contribution is 2.22. The van der Waals surface area contributed by atoms with Crippen molar-refractivity contribution in [2.45, 2.75) is 6.92 Å². The molecule has 0 atom stereocenters. The van der Waals surface area contributed by atoms with Gasteiger partial charge in [-0.2, -0.15) is 0 Å². The summed E-state index contributed by atoms with van der Waals surface area (Å²) in [5.74, 6) is 0.338. The van der Waals surface area contributed by atoms with E-state index >= 15 is 0 Å². The quantitative estimate of drug-likeness (QED) is 0.573. The first-order valence-electron chi connectivity index (χ1n) is 5.51. The minimum absolute atomic E-state index is 0.167. The van der Waals surface area contributed by atoms with Gasteiger partial charge in [0.05, 0.1) is 12.3 Å². The van der Waals surface area contributed by atoms with Crippen LogP contribution in [0.4, 0.5) is 5.69 Å². The molecule has 5 heteroatoms. The zero-order chi connectivity index (χ0) is 12.7. The highest BCUT2D eigenvalue weighted by molar-refractivity contribution is 5.95. The van der Waals surface area contributed by atoms with Crippen LogP contribution < -0.4 is 15.8 Å². The first-order chi connectivity index (χ1) is 8.19. The van der Waals surface area contributed by atoms with Crippen molar-refractivity contribution in [2.24, 2.45) is 0 Å². The Morgan fingerprint density at radius 3 is 2.82 bits per heavy atom. The molecule has 1 aromatic rings. The molecule has 0 radical (unpaired) electrons. The molecule has 1 rings (SSSR count). The molecule has 5 nitrogen and oxygen atoms in total. The number of nitrogen functional groups attached to an aromatic ring is 1. The van der Waals surface area contributed by atoms with Gasteiger partial charge >= 0.3 is 0 Å². The second-order valence-electron chi connectivity index (χ2n) is 3.38. The van der Waals surface area contributed by atoms with Crippen molar-refractivity contribution >= 4 is 11.6 Å². The first-order valence-corrected chi connectivity index (χ1v) is 5.51. The Bertz CT molecular complexity index is 380. The molecular formula is C12H18N2O3. The van der Waals surface area contributed by atoms with Crippen LogP contribution in [0.25, 0.3) is 0 Å². The number of hydrogen-bond acceptors (Lipinski definition) is 4. The molecule has 0 aromatic heterocycles. The van der Waals surface area contributed by atoms with Crippen molar-refractivity contribution in [3.63, 3.8) is 0 Å². The SMILES string of the molecule is CCOCCOc1cc(C(=O)NC)ccc1N. The lowest BCUT2D eigenvalue weighted by Crippen LogP contribution is -2.18. The lowest BCUT2D eigenvalue weighted by atomic mass is 10.2. The van der Waals surface area contributed by atoms with E-state index in [1.165, 1.54) is 0 Å². The van der Waals surface area contributed by atoms with E-state index in [4.69, 9.17) is 15.2 Å². The fourth-order valence-corrected chi connectivity index (χ4v) is 1.30. The summed E-state index contributed by atoms with van der Waals surface area (Å²) in [7, 11) is 1.58. The summed E-state index contributed by atoms with van der Waals surface area (Å²) in [6, 6.07) is 4.93. The Morgan fingerprint density at radius 1 is 1.41 bits per heavy atom. The van der Waals surface area contributed by atoms with Crippen molar-refractivity contribution in [1.29, 1.82) is 0 Å². The maximum absolute atomic E-state index is 11.4. The summed E-state index contributed by atoms with van der Waals surface area (Å²) in [6.45, 7) is 3.48. The van der Waals surface area contributed by atoms with Gasteiger partial charge in [-0.15, -0.1) is 0 Å². The van der Waals surface area contributed by atoms with Crippen molar-refractivity contribution in [2.75, 3.05) is 32.6 Å². The maximum atomic E-state index is 11.4. The lowest BCUT2D eigenvalue weighted by Gasteiger charge is -2.10. The number of carbonyl (C=O) groups is 1. The van der Waals surface area contributed by atoms with Crippen molar-refractivity contribution < 1.29 is 14.3 Å². The number of rotatable bonds is 6. The molecular weight excluding hydrogens is 220 g/mol. The van der Waals surface area contributed by atoms with Gasteiger partial charge in [-0.25, -0.2) is 0 Å². The van der Waals surface area contributed by atoms with Gasteiger partial charge in [0.15, 0.2) is 0 Å². The predicted octanol–water partition coefficient (Wildman–Crippen LogP) is 1.04. The van der Waals surface area contributed by atoms with Crippen LogP contribution in [0.2, 0.25) is 0 Å². The molecule has 0 saturated heterocycles. The minimum atomic E-state index is -0.167. The summed E-state index contributed by atoms with van der Waals surface area (Å²) in [6.07, 6.45) is 0. The third-order valence-electron chi connectivity index (χ3n) is 2.19. The van der Waals surface area contributed by atoms with Gasteiger partial charge in [-0.05, 0) is 25.1 Å². The minimum Gasteiger partial charge on any atom is -0.489 e. The van der Waals surface area contributed by atoms with E-state index in [0.717, 1.165) is 0 Å². The van der Waals surface area contributed by atoms with Crippen molar-refractivity contribution in [3.8, 4) is 5.75 Å². The summed E-state index contributed by atoms with van der Waals surface area (Å²) in [4.78, 5) is 11.4. The van der Waals surface area contributed by atoms with Crippen LogP contribution in [-0.2, 0) is 4.74 Å². The molecule has 94 valence electrons. The van der Waals surface area contributed by atoms with Crippen LogP contribution >= 0.6 is 0 Å². The Labute approximate surface area is 101 Å². The number of hydrogen-bond donors (Lipinski definition) is 2. The standard InChI is InChI=1S/C12H18N2O3/c1-3-16-6-7-17-11-8-9(12(15)14-2)4-5-10(11)13/h4-5,8H,3,6-7,13H2,1-2H3,(H,14,15). The zero-order valence-corrected chi connectivity index (χ0v) is 10.2.